The molecule has 0 aliphatic carbocycles. The van der Waals surface area contributed by atoms with E-state index in [1.807, 2.05) is 4.72 Å². The molecule has 0 saturated carbocycles. The summed E-state index contributed by atoms with van der Waals surface area (Å²) < 4.78 is 160. The normalized spacial score (nSPS) is 11.6. The third-order valence-electron chi connectivity index (χ3n) is 6.76. The summed E-state index contributed by atoms with van der Waals surface area (Å²) in [6.07, 6.45) is -7.47. The molecule has 0 fully saturated rings. The van der Waals surface area contributed by atoms with Crippen LogP contribution in [-0.2, 0) is 53.7 Å². The Labute approximate surface area is 319 Å². The number of ether oxygens (including phenoxy) is 2. The van der Waals surface area contributed by atoms with Crippen LogP contribution in [0.5, 0.6) is 0 Å². The van der Waals surface area contributed by atoms with Crippen LogP contribution < -0.4 is 9.03 Å². The number of methoxy groups -OCH3 is 2. The van der Waals surface area contributed by atoms with Gasteiger partial charge in [0.15, 0.2) is 0 Å². The number of hydrogen-bond donors (Lipinski definition) is 1. The van der Waals surface area contributed by atoms with Crippen molar-refractivity contribution in [3.8, 4) is 0 Å². The first-order valence-electron chi connectivity index (χ1n) is 14.9. The predicted molar refractivity (Wildman–Crippen MR) is 190 cm³/mol. The average Bonchev–Trinajstić information content (AvgIpc) is 3.09. The molecule has 4 rings (SSSR count). The number of benzene rings is 4. The van der Waals surface area contributed by atoms with Crippen molar-refractivity contribution in [3.05, 3.63) is 130 Å². The summed E-state index contributed by atoms with van der Waals surface area (Å²) in [6.45, 7) is -0.548. The summed E-state index contributed by atoms with van der Waals surface area (Å²) in [5, 5.41) is 0.431. The van der Waals surface area contributed by atoms with E-state index < -0.39 is 73.6 Å². The lowest BCUT2D eigenvalue weighted by Crippen LogP contribution is -2.30. The molecule has 300 valence electrons. The van der Waals surface area contributed by atoms with E-state index in [0.717, 1.165) is 56.0 Å². The average molecular weight is 892 g/mol. The minimum Gasteiger partial charge on any atom is -0.465 e. The van der Waals surface area contributed by atoms with Gasteiger partial charge in [0, 0.05) is 16.6 Å². The number of rotatable bonds is 9. The van der Waals surface area contributed by atoms with E-state index in [9.17, 15) is 61.5 Å². The molecule has 0 radical (unpaired) electrons. The Kier molecular flexibility index (Phi) is 16.2. The van der Waals surface area contributed by atoms with Crippen LogP contribution in [0.1, 0.15) is 43.0 Å². The number of carbonyl (C=O) groups is 2. The van der Waals surface area contributed by atoms with E-state index in [0.29, 0.717) is 21.3 Å². The predicted octanol–water partition coefficient (Wildman–Crippen LogP) is 8.18. The van der Waals surface area contributed by atoms with Crippen molar-refractivity contribution in [2.24, 2.45) is 0 Å². The first-order chi connectivity index (χ1) is 25.3. The minimum absolute atomic E-state index is 0.0799. The van der Waals surface area contributed by atoms with Gasteiger partial charge in [0.1, 0.15) is 11.6 Å². The number of sulfonamides is 2. The van der Waals surface area contributed by atoms with Crippen molar-refractivity contribution in [1.82, 2.24) is 0 Å². The fraction of sp³-hybridized carbons (Fsp3) is 0.235. The van der Waals surface area contributed by atoms with Crippen LogP contribution >= 0.6 is 15.9 Å². The molecule has 4 aromatic carbocycles. The Morgan fingerprint density at radius 1 is 0.691 bits per heavy atom. The van der Waals surface area contributed by atoms with Gasteiger partial charge in [-0.2, -0.15) is 26.3 Å². The molecule has 4 aromatic rings. The second-order valence-electron chi connectivity index (χ2n) is 11.0. The van der Waals surface area contributed by atoms with E-state index in [-0.39, 0.29) is 28.1 Å². The lowest BCUT2D eigenvalue weighted by Gasteiger charge is -2.23. The summed E-state index contributed by atoms with van der Waals surface area (Å²) in [6, 6.07) is 15.2. The molecule has 0 saturated heterocycles. The van der Waals surface area contributed by atoms with E-state index >= 15 is 0 Å². The molecular weight excluding hydrogens is 860 g/mol. The van der Waals surface area contributed by atoms with Crippen LogP contribution in [0, 0.1) is 11.6 Å². The SMILES string of the molecule is COC(=O)c1ccc(CBr)c(F)c1.COC(=O)c1ccc(CN(c2cccc(C(F)(F)F)c2)S(C)(=O)=O)c(F)c1.CS(=O)(=O)Nc1cccc(C(F)(F)F)c1. The van der Waals surface area contributed by atoms with Crippen LogP contribution in [0.25, 0.3) is 0 Å². The molecule has 1 N–H and O–H groups in total. The van der Waals surface area contributed by atoms with Gasteiger partial charge in [-0.05, 0) is 66.2 Å². The standard InChI is InChI=1S/C17H15F4NO4S.C9H8BrFO2.C8H8F3NO2S/c1-26-16(23)11-6-7-12(15(18)8-11)10-22(27(2,24)25)14-5-3-4-13(9-14)17(19,20)21;1-13-9(12)6-2-3-7(5-10)8(11)4-6;1-15(13,14)12-7-4-2-3-6(5-7)8(9,10)11/h3-9H,10H2,1-2H3;2-4H,5H2,1H3;2-5,12H,1H3. The first-order valence-corrected chi connectivity index (χ1v) is 19.8. The third-order valence-corrected chi connectivity index (χ3v) is 9.11. The van der Waals surface area contributed by atoms with Gasteiger partial charge in [-0.25, -0.2) is 35.2 Å². The molecule has 0 aromatic heterocycles. The zero-order chi connectivity index (χ0) is 41.9. The van der Waals surface area contributed by atoms with Crippen LogP contribution in [0.4, 0.5) is 46.5 Å². The first kappa shape index (κ1) is 46.4. The van der Waals surface area contributed by atoms with Crippen LogP contribution in [0.2, 0.25) is 0 Å². The molecule has 0 aliphatic rings. The van der Waals surface area contributed by atoms with Crippen molar-refractivity contribution in [2.45, 2.75) is 24.2 Å². The summed E-state index contributed by atoms with van der Waals surface area (Å²) in [4.78, 5) is 22.4. The maximum absolute atomic E-state index is 14.3. The summed E-state index contributed by atoms with van der Waals surface area (Å²) in [5.41, 5.74) is -1.74. The van der Waals surface area contributed by atoms with Crippen molar-refractivity contribution in [1.29, 1.82) is 0 Å². The summed E-state index contributed by atoms with van der Waals surface area (Å²) in [7, 11) is -5.19. The Morgan fingerprint density at radius 2 is 1.15 bits per heavy atom. The van der Waals surface area contributed by atoms with Gasteiger partial charge < -0.3 is 9.47 Å². The Hall–Kier alpha value is -4.76. The molecule has 0 atom stereocenters. The maximum Gasteiger partial charge on any atom is 0.416 e. The molecular formula is C34H31BrF8N2O8S2. The Morgan fingerprint density at radius 3 is 1.55 bits per heavy atom. The Bertz CT molecular complexity index is 2200. The van der Waals surface area contributed by atoms with Gasteiger partial charge in [-0.1, -0.05) is 40.2 Å². The highest BCUT2D eigenvalue weighted by Crippen LogP contribution is 2.33. The van der Waals surface area contributed by atoms with Gasteiger partial charge in [-0.15, -0.1) is 0 Å². The lowest BCUT2D eigenvalue weighted by molar-refractivity contribution is -0.138. The smallest absolute Gasteiger partial charge is 0.416 e. The van der Waals surface area contributed by atoms with Gasteiger partial charge in [0.05, 0.1) is 61.2 Å². The van der Waals surface area contributed by atoms with Crippen molar-refractivity contribution in [3.63, 3.8) is 0 Å². The third kappa shape index (κ3) is 14.8. The molecule has 0 unspecified atom stereocenters. The molecule has 0 amide bonds. The van der Waals surface area contributed by atoms with E-state index in [1.54, 1.807) is 6.07 Å². The van der Waals surface area contributed by atoms with E-state index in [2.05, 4.69) is 25.4 Å². The molecule has 0 bridgehead atoms. The Balaban J connectivity index is 0.000000314. The fourth-order valence-electron chi connectivity index (χ4n) is 4.19. The fourth-order valence-corrected chi connectivity index (χ4v) is 6.07. The number of carbonyl (C=O) groups excluding carboxylic acids is 2. The van der Waals surface area contributed by atoms with Crippen molar-refractivity contribution in [2.75, 3.05) is 35.8 Å². The molecule has 55 heavy (non-hydrogen) atoms. The quantitative estimate of drug-likeness (QED) is 0.101. The molecule has 10 nitrogen and oxygen atoms in total. The van der Waals surface area contributed by atoms with Crippen molar-refractivity contribution < 1.29 is 71.0 Å². The lowest BCUT2D eigenvalue weighted by atomic mass is 10.1. The largest absolute Gasteiger partial charge is 0.465 e. The van der Waals surface area contributed by atoms with Crippen molar-refractivity contribution >= 4 is 59.3 Å². The number of hydrogen-bond acceptors (Lipinski definition) is 8. The van der Waals surface area contributed by atoms with Gasteiger partial charge >= 0.3 is 24.3 Å². The number of nitrogens with one attached hydrogen (secondary N) is 1. The summed E-state index contributed by atoms with van der Waals surface area (Å²) >= 11 is 3.13. The second-order valence-corrected chi connectivity index (χ2v) is 15.2. The van der Waals surface area contributed by atoms with Gasteiger partial charge in [0.25, 0.3) is 0 Å². The van der Waals surface area contributed by atoms with Crippen LogP contribution in [0.15, 0.2) is 84.9 Å². The second kappa shape index (κ2) is 19.2. The molecule has 21 heteroatoms. The highest BCUT2D eigenvalue weighted by Gasteiger charge is 2.32. The number of esters is 2. The van der Waals surface area contributed by atoms with Gasteiger partial charge in [-0.3, -0.25) is 9.03 Å². The summed E-state index contributed by atoms with van der Waals surface area (Å²) in [5.74, 6) is -2.60. The number of anilines is 2. The van der Waals surface area contributed by atoms with Crippen LogP contribution in [0.3, 0.4) is 0 Å². The van der Waals surface area contributed by atoms with E-state index in [4.69, 9.17) is 0 Å². The number of alkyl halides is 7. The monoisotopic (exact) mass is 890 g/mol. The molecule has 0 spiro atoms. The number of halogens is 9. The number of nitrogens with zero attached hydrogens (tertiary/aromatic N) is 1. The highest BCUT2D eigenvalue weighted by atomic mass is 79.9. The van der Waals surface area contributed by atoms with E-state index in [1.165, 1.54) is 43.5 Å². The molecule has 0 aliphatic heterocycles. The minimum atomic E-state index is -4.66. The van der Waals surface area contributed by atoms with Gasteiger partial charge in [0.2, 0.25) is 20.0 Å². The topological polar surface area (TPSA) is 136 Å². The molecule has 0 heterocycles. The highest BCUT2D eigenvalue weighted by molar-refractivity contribution is 9.08. The zero-order valence-electron chi connectivity index (χ0n) is 28.9. The van der Waals surface area contributed by atoms with Crippen LogP contribution in [-0.4, -0.2) is 55.5 Å². The maximum atomic E-state index is 14.3. The zero-order valence-corrected chi connectivity index (χ0v) is 32.1.